The van der Waals surface area contributed by atoms with E-state index in [1.54, 1.807) is 11.3 Å². The van der Waals surface area contributed by atoms with Gasteiger partial charge >= 0.3 is 0 Å². The van der Waals surface area contributed by atoms with Crippen LogP contribution in [0.5, 0.6) is 0 Å². The molecule has 0 saturated carbocycles. The zero-order valence-electron chi connectivity index (χ0n) is 32.4. The molecule has 0 aliphatic heterocycles. The molecule has 0 unspecified atom stereocenters. The number of furan rings is 1. The van der Waals surface area contributed by atoms with Gasteiger partial charge in [0.05, 0.1) is 0 Å². The molecule has 278 valence electrons. The molecule has 5 heteroatoms. The van der Waals surface area contributed by atoms with E-state index in [0.717, 1.165) is 60.7 Å². The van der Waals surface area contributed by atoms with Crippen LogP contribution in [0.15, 0.2) is 180 Å². The number of fused-ring (bicyclic) bond motifs is 9. The van der Waals surface area contributed by atoms with Crippen LogP contribution >= 0.6 is 11.3 Å². The molecule has 1 aliphatic rings. The quantitative estimate of drug-likeness (QED) is 0.175. The van der Waals surface area contributed by atoms with Crippen LogP contribution in [0.2, 0.25) is 0 Å². The van der Waals surface area contributed by atoms with Crippen LogP contribution in [0.4, 0.5) is 0 Å². The van der Waals surface area contributed by atoms with Gasteiger partial charge in [0.15, 0.2) is 17.5 Å². The third kappa shape index (κ3) is 5.32. The zero-order chi connectivity index (χ0) is 39.2. The first kappa shape index (κ1) is 33.9. The molecule has 0 spiro atoms. The molecule has 4 nitrogen and oxygen atoms in total. The summed E-state index contributed by atoms with van der Waals surface area (Å²) in [5.41, 5.74) is 14.3. The Morgan fingerprint density at radius 2 is 1.00 bits per heavy atom. The molecule has 12 rings (SSSR count). The van der Waals surface area contributed by atoms with Gasteiger partial charge < -0.3 is 4.42 Å². The maximum absolute atomic E-state index is 6.57. The van der Waals surface area contributed by atoms with E-state index in [1.165, 1.54) is 42.6 Å². The van der Waals surface area contributed by atoms with E-state index in [4.69, 9.17) is 19.4 Å². The van der Waals surface area contributed by atoms with Gasteiger partial charge in [-0.25, -0.2) is 15.0 Å². The van der Waals surface area contributed by atoms with E-state index in [9.17, 15) is 0 Å². The van der Waals surface area contributed by atoms with Crippen molar-refractivity contribution in [2.45, 2.75) is 19.3 Å². The van der Waals surface area contributed by atoms with Crippen molar-refractivity contribution in [1.29, 1.82) is 0 Å². The number of rotatable bonds is 5. The van der Waals surface area contributed by atoms with Crippen molar-refractivity contribution in [3.05, 3.63) is 187 Å². The maximum atomic E-state index is 6.57. The smallest absolute Gasteiger partial charge is 0.164 e. The lowest BCUT2D eigenvalue weighted by molar-refractivity contribution is 0.660. The van der Waals surface area contributed by atoms with Crippen LogP contribution in [-0.4, -0.2) is 15.0 Å². The monoisotopic (exact) mass is 773 g/mol. The molecule has 1 aliphatic carbocycles. The van der Waals surface area contributed by atoms with Crippen molar-refractivity contribution in [2.75, 3.05) is 0 Å². The molecule has 0 amide bonds. The van der Waals surface area contributed by atoms with Gasteiger partial charge in [0, 0.05) is 53.1 Å². The number of aromatic nitrogens is 3. The zero-order valence-corrected chi connectivity index (χ0v) is 33.2. The lowest BCUT2D eigenvalue weighted by Gasteiger charge is -2.22. The highest BCUT2D eigenvalue weighted by Crippen LogP contribution is 2.50. The van der Waals surface area contributed by atoms with Gasteiger partial charge in [-0.2, -0.15) is 0 Å². The maximum Gasteiger partial charge on any atom is 0.164 e. The fourth-order valence-corrected chi connectivity index (χ4v) is 10.4. The van der Waals surface area contributed by atoms with Crippen molar-refractivity contribution in [2.24, 2.45) is 0 Å². The summed E-state index contributed by atoms with van der Waals surface area (Å²) in [5.74, 6) is 1.85. The summed E-state index contributed by atoms with van der Waals surface area (Å²) in [6, 6.07) is 62.4. The number of nitrogens with zero attached hydrogens (tertiary/aromatic N) is 3. The molecule has 3 heterocycles. The Hall–Kier alpha value is -7.21. The minimum absolute atomic E-state index is 0.0874. The van der Waals surface area contributed by atoms with Crippen molar-refractivity contribution in [1.82, 2.24) is 15.0 Å². The summed E-state index contributed by atoms with van der Waals surface area (Å²) in [4.78, 5) is 15.9. The minimum atomic E-state index is -0.0874. The highest BCUT2D eigenvalue weighted by molar-refractivity contribution is 7.25. The van der Waals surface area contributed by atoms with E-state index in [1.807, 2.05) is 18.2 Å². The third-order valence-electron chi connectivity index (χ3n) is 12.2. The predicted octanol–water partition coefficient (Wildman–Crippen LogP) is 14.8. The summed E-state index contributed by atoms with van der Waals surface area (Å²) in [6.07, 6.45) is 0. The molecule has 8 aromatic carbocycles. The molecule has 59 heavy (non-hydrogen) atoms. The van der Waals surface area contributed by atoms with E-state index >= 15 is 0 Å². The number of hydrogen-bond acceptors (Lipinski definition) is 5. The van der Waals surface area contributed by atoms with Gasteiger partial charge in [-0.05, 0) is 87.0 Å². The topological polar surface area (TPSA) is 51.8 Å². The molecular formula is C54H35N3OS. The lowest BCUT2D eigenvalue weighted by Crippen LogP contribution is -2.14. The van der Waals surface area contributed by atoms with Gasteiger partial charge in [-0.15, -0.1) is 11.3 Å². The van der Waals surface area contributed by atoms with Gasteiger partial charge in [0.25, 0.3) is 0 Å². The normalized spacial score (nSPS) is 13.1. The first-order chi connectivity index (χ1) is 29.0. The van der Waals surface area contributed by atoms with E-state index in [0.29, 0.717) is 17.5 Å². The Morgan fingerprint density at radius 3 is 1.88 bits per heavy atom. The van der Waals surface area contributed by atoms with Crippen molar-refractivity contribution in [3.8, 4) is 67.5 Å². The van der Waals surface area contributed by atoms with Gasteiger partial charge in [0.1, 0.15) is 11.2 Å². The molecule has 11 aromatic rings. The molecule has 0 atom stereocenters. The van der Waals surface area contributed by atoms with Crippen LogP contribution in [0.1, 0.15) is 25.0 Å². The van der Waals surface area contributed by atoms with Crippen LogP contribution in [0.25, 0.3) is 110 Å². The largest absolute Gasteiger partial charge is 0.456 e. The predicted molar refractivity (Wildman–Crippen MR) is 245 cm³/mol. The molecule has 0 fully saturated rings. The Kier molecular flexibility index (Phi) is 7.41. The van der Waals surface area contributed by atoms with Crippen molar-refractivity contribution >= 4 is 53.4 Å². The first-order valence-corrected chi connectivity index (χ1v) is 20.8. The second kappa shape index (κ2) is 12.9. The standard InChI is InChI=1S/C54H35N3OS/c1-54(2)43-21-8-6-17-37(43)38-27-25-35(31-44(38)54)34-26-28-45-42(30-34)49-40(19-11-22-46(49)58-45)52-55-51(36-16-10-15-33(29-36)32-13-4-3-5-14-32)56-53(57-52)41-20-12-24-48-50(41)39-18-7-9-23-47(39)59-48/h3-31H,1-2H3. The van der Waals surface area contributed by atoms with Crippen LogP contribution in [0.3, 0.4) is 0 Å². The highest BCUT2D eigenvalue weighted by Gasteiger charge is 2.35. The number of benzene rings is 8. The Labute approximate surface area is 345 Å². The molecule has 0 radical (unpaired) electrons. The Bertz CT molecular complexity index is 3490. The lowest BCUT2D eigenvalue weighted by atomic mass is 9.81. The van der Waals surface area contributed by atoms with Crippen LogP contribution < -0.4 is 0 Å². The summed E-state index contributed by atoms with van der Waals surface area (Å²) < 4.78 is 9.01. The van der Waals surface area contributed by atoms with Crippen LogP contribution in [0, 0.1) is 0 Å². The van der Waals surface area contributed by atoms with Crippen LogP contribution in [-0.2, 0) is 5.41 Å². The number of hydrogen-bond donors (Lipinski definition) is 0. The SMILES string of the molecule is CC1(C)c2ccccc2-c2ccc(-c3ccc4oc5cccc(-c6nc(-c7cccc(-c8ccccc8)c7)nc(-c7cccc8sc9ccccc9c78)n6)c5c4c3)cc21. The summed E-state index contributed by atoms with van der Waals surface area (Å²) in [6.45, 7) is 4.66. The molecule has 3 aromatic heterocycles. The fraction of sp³-hybridized carbons (Fsp3) is 0.0556. The molecular weight excluding hydrogens is 739 g/mol. The summed E-state index contributed by atoms with van der Waals surface area (Å²) >= 11 is 1.79. The number of thiophene rings is 1. The van der Waals surface area contributed by atoms with Gasteiger partial charge in [-0.1, -0.05) is 147 Å². The minimum Gasteiger partial charge on any atom is -0.456 e. The van der Waals surface area contributed by atoms with Crippen molar-refractivity contribution in [3.63, 3.8) is 0 Å². The second-order valence-electron chi connectivity index (χ2n) is 16.0. The average Bonchev–Trinajstić information content (AvgIpc) is 3.94. The Balaban J connectivity index is 1.06. The van der Waals surface area contributed by atoms with E-state index in [2.05, 4.69) is 172 Å². The highest BCUT2D eigenvalue weighted by atomic mass is 32.1. The molecule has 0 N–H and O–H groups in total. The van der Waals surface area contributed by atoms with Gasteiger partial charge in [0.2, 0.25) is 0 Å². The van der Waals surface area contributed by atoms with Gasteiger partial charge in [-0.3, -0.25) is 0 Å². The third-order valence-corrected chi connectivity index (χ3v) is 13.3. The summed E-state index contributed by atoms with van der Waals surface area (Å²) in [7, 11) is 0. The molecule has 0 saturated heterocycles. The van der Waals surface area contributed by atoms with E-state index in [-0.39, 0.29) is 5.41 Å². The Morgan fingerprint density at radius 1 is 0.390 bits per heavy atom. The average molecular weight is 774 g/mol. The van der Waals surface area contributed by atoms with E-state index < -0.39 is 0 Å². The second-order valence-corrected chi connectivity index (χ2v) is 17.0. The van der Waals surface area contributed by atoms with Crippen molar-refractivity contribution < 1.29 is 4.42 Å². The first-order valence-electron chi connectivity index (χ1n) is 20.0. The molecule has 0 bridgehead atoms. The fourth-order valence-electron chi connectivity index (χ4n) is 9.25. The summed E-state index contributed by atoms with van der Waals surface area (Å²) in [5, 5.41) is 4.37.